The number of aryl methyl sites for hydroxylation is 1. The summed E-state index contributed by atoms with van der Waals surface area (Å²) in [5.74, 6) is 1.74. The number of nitrogens with zero attached hydrogens (tertiary/aromatic N) is 3. The molecule has 0 bridgehead atoms. The van der Waals surface area contributed by atoms with Gasteiger partial charge in [-0.3, -0.25) is 4.90 Å². The van der Waals surface area contributed by atoms with Crippen LogP contribution in [-0.2, 0) is 11.3 Å². The third-order valence-corrected chi connectivity index (χ3v) is 6.46. The molecule has 0 aromatic carbocycles. The lowest BCUT2D eigenvalue weighted by molar-refractivity contribution is 0.0924. The van der Waals surface area contributed by atoms with Crippen LogP contribution in [0.5, 0.6) is 5.88 Å². The fourth-order valence-corrected chi connectivity index (χ4v) is 4.87. The van der Waals surface area contributed by atoms with Gasteiger partial charge in [-0.2, -0.15) is 5.26 Å². The zero-order chi connectivity index (χ0) is 17.9. The van der Waals surface area contributed by atoms with Crippen LogP contribution >= 0.6 is 11.3 Å². The van der Waals surface area contributed by atoms with Gasteiger partial charge in [0, 0.05) is 42.7 Å². The Balaban J connectivity index is 1.26. The summed E-state index contributed by atoms with van der Waals surface area (Å²) < 4.78 is 11.8. The number of pyridine rings is 1. The van der Waals surface area contributed by atoms with E-state index in [1.165, 1.54) is 10.4 Å². The number of ether oxygens (including phenoxy) is 2. The van der Waals surface area contributed by atoms with Gasteiger partial charge in [-0.1, -0.05) is 0 Å². The van der Waals surface area contributed by atoms with Gasteiger partial charge in [0.15, 0.2) is 0 Å². The molecule has 136 valence electrons. The number of hydrogen-bond donors (Lipinski definition) is 0. The minimum atomic E-state index is 0.369. The number of aromatic nitrogens is 1. The first-order valence-electron chi connectivity index (χ1n) is 9.09. The quantitative estimate of drug-likeness (QED) is 0.782. The number of likely N-dealkylation sites (tertiary alicyclic amines) is 1. The minimum absolute atomic E-state index is 0.369. The van der Waals surface area contributed by atoms with Gasteiger partial charge in [0.05, 0.1) is 24.9 Å². The summed E-state index contributed by atoms with van der Waals surface area (Å²) in [6.07, 6.45) is 2.90. The molecule has 0 aliphatic carbocycles. The van der Waals surface area contributed by atoms with Gasteiger partial charge in [0.2, 0.25) is 5.88 Å². The van der Waals surface area contributed by atoms with Gasteiger partial charge in [0.25, 0.3) is 0 Å². The van der Waals surface area contributed by atoms with E-state index in [-0.39, 0.29) is 0 Å². The molecule has 0 amide bonds. The van der Waals surface area contributed by atoms with E-state index in [2.05, 4.69) is 34.3 Å². The van der Waals surface area contributed by atoms with Gasteiger partial charge in [-0.25, -0.2) is 4.98 Å². The Hall–Kier alpha value is -1.94. The fourth-order valence-electron chi connectivity index (χ4n) is 3.92. The molecule has 2 aliphatic rings. The first kappa shape index (κ1) is 17.5. The molecule has 2 fully saturated rings. The maximum absolute atomic E-state index is 8.80. The standard InChI is InChI=1S/C20H23N3O2S/c1-14-5-7-26-19(14)12-23-10-17-16(13-25-18(17)11-23)4-6-24-20-3-2-15(8-21)9-22-20/h2-3,5,7,9,16-18H,4,6,10-13H2,1H3/t16-,17-,18-/m0/s1. The smallest absolute Gasteiger partial charge is 0.213 e. The Kier molecular flexibility index (Phi) is 5.21. The van der Waals surface area contributed by atoms with Crippen LogP contribution in [0.15, 0.2) is 29.8 Å². The molecule has 0 radical (unpaired) electrons. The predicted molar refractivity (Wildman–Crippen MR) is 100 cm³/mol. The highest BCUT2D eigenvalue weighted by atomic mass is 32.1. The average molecular weight is 369 g/mol. The number of rotatable bonds is 6. The highest BCUT2D eigenvalue weighted by molar-refractivity contribution is 7.10. The van der Waals surface area contributed by atoms with Crippen molar-refractivity contribution >= 4 is 11.3 Å². The monoisotopic (exact) mass is 369 g/mol. The van der Waals surface area contributed by atoms with Crippen molar-refractivity contribution in [2.24, 2.45) is 11.8 Å². The Morgan fingerprint density at radius 1 is 1.38 bits per heavy atom. The summed E-state index contributed by atoms with van der Waals surface area (Å²) in [7, 11) is 0. The Morgan fingerprint density at radius 3 is 3.04 bits per heavy atom. The molecule has 0 spiro atoms. The average Bonchev–Trinajstić information content (AvgIpc) is 3.34. The van der Waals surface area contributed by atoms with Gasteiger partial charge in [-0.15, -0.1) is 11.3 Å². The number of thiophene rings is 1. The van der Waals surface area contributed by atoms with Crippen LogP contribution < -0.4 is 4.74 Å². The topological polar surface area (TPSA) is 58.4 Å². The lowest BCUT2D eigenvalue weighted by Gasteiger charge is -2.19. The highest BCUT2D eigenvalue weighted by Gasteiger charge is 2.43. The Morgan fingerprint density at radius 2 is 2.31 bits per heavy atom. The molecule has 2 aromatic rings. The third-order valence-electron chi connectivity index (χ3n) is 5.45. The van der Waals surface area contributed by atoms with Crippen LogP contribution in [0, 0.1) is 30.1 Å². The molecule has 5 nitrogen and oxygen atoms in total. The van der Waals surface area contributed by atoms with E-state index < -0.39 is 0 Å². The molecular formula is C20H23N3O2S. The van der Waals surface area contributed by atoms with E-state index in [4.69, 9.17) is 14.7 Å². The summed E-state index contributed by atoms with van der Waals surface area (Å²) in [6.45, 7) is 6.86. The largest absolute Gasteiger partial charge is 0.478 e. The van der Waals surface area contributed by atoms with Crippen LogP contribution in [0.2, 0.25) is 0 Å². The molecule has 26 heavy (non-hydrogen) atoms. The zero-order valence-electron chi connectivity index (χ0n) is 14.9. The molecule has 0 unspecified atom stereocenters. The summed E-state index contributed by atoms with van der Waals surface area (Å²) in [5, 5.41) is 11.0. The highest BCUT2D eigenvalue weighted by Crippen LogP contribution is 2.36. The maximum Gasteiger partial charge on any atom is 0.213 e. The lowest BCUT2D eigenvalue weighted by Crippen LogP contribution is -2.24. The van der Waals surface area contributed by atoms with Crippen molar-refractivity contribution in [1.82, 2.24) is 9.88 Å². The van der Waals surface area contributed by atoms with Crippen molar-refractivity contribution in [1.29, 1.82) is 5.26 Å². The molecule has 2 saturated heterocycles. The first-order chi connectivity index (χ1) is 12.7. The van der Waals surface area contributed by atoms with Crippen LogP contribution in [0.4, 0.5) is 0 Å². The Bertz CT molecular complexity index is 783. The van der Waals surface area contributed by atoms with Crippen molar-refractivity contribution in [3.8, 4) is 11.9 Å². The summed E-state index contributed by atoms with van der Waals surface area (Å²) in [5.41, 5.74) is 1.95. The van der Waals surface area contributed by atoms with Crippen molar-refractivity contribution in [2.75, 3.05) is 26.3 Å². The summed E-state index contributed by atoms with van der Waals surface area (Å²) >= 11 is 1.85. The molecule has 2 aromatic heterocycles. The fraction of sp³-hybridized carbons (Fsp3) is 0.500. The zero-order valence-corrected chi connectivity index (χ0v) is 15.7. The van der Waals surface area contributed by atoms with Crippen molar-refractivity contribution in [3.63, 3.8) is 0 Å². The summed E-state index contributed by atoms with van der Waals surface area (Å²) in [4.78, 5) is 8.16. The number of nitriles is 1. The molecule has 4 rings (SSSR count). The second kappa shape index (κ2) is 7.75. The summed E-state index contributed by atoms with van der Waals surface area (Å²) in [6, 6.07) is 7.76. The molecule has 0 N–H and O–H groups in total. The van der Waals surface area contributed by atoms with Gasteiger partial charge in [-0.05, 0) is 42.3 Å². The first-order valence-corrected chi connectivity index (χ1v) is 9.97. The van der Waals surface area contributed by atoms with Gasteiger partial charge >= 0.3 is 0 Å². The van der Waals surface area contributed by atoms with Crippen molar-refractivity contribution < 1.29 is 9.47 Å². The third kappa shape index (κ3) is 3.75. The second-order valence-electron chi connectivity index (χ2n) is 7.15. The molecule has 4 heterocycles. The predicted octanol–water partition coefficient (Wildman–Crippen LogP) is 3.24. The lowest BCUT2D eigenvalue weighted by atomic mass is 9.91. The maximum atomic E-state index is 8.80. The van der Waals surface area contributed by atoms with E-state index in [0.717, 1.165) is 32.7 Å². The molecule has 2 aliphatic heterocycles. The second-order valence-corrected chi connectivity index (χ2v) is 8.15. The molecule has 0 saturated carbocycles. The van der Waals surface area contributed by atoms with Crippen LogP contribution in [0.25, 0.3) is 0 Å². The van der Waals surface area contributed by atoms with Gasteiger partial charge in [0.1, 0.15) is 6.07 Å². The van der Waals surface area contributed by atoms with E-state index in [1.54, 1.807) is 18.3 Å². The SMILES string of the molecule is Cc1ccsc1CN1C[C@H]2[C@@H](CCOc3ccc(C#N)cn3)CO[C@H]2C1. The van der Waals surface area contributed by atoms with Crippen molar-refractivity contribution in [3.05, 3.63) is 45.8 Å². The normalized spacial score (nSPS) is 25.2. The minimum Gasteiger partial charge on any atom is -0.478 e. The van der Waals surface area contributed by atoms with Crippen LogP contribution in [-0.4, -0.2) is 42.3 Å². The van der Waals surface area contributed by atoms with E-state index in [9.17, 15) is 0 Å². The van der Waals surface area contributed by atoms with Crippen molar-refractivity contribution in [2.45, 2.75) is 26.0 Å². The van der Waals surface area contributed by atoms with E-state index >= 15 is 0 Å². The Labute approximate surface area is 158 Å². The van der Waals surface area contributed by atoms with Crippen LogP contribution in [0.1, 0.15) is 22.4 Å². The molecular weight excluding hydrogens is 346 g/mol. The molecule has 6 heteroatoms. The van der Waals surface area contributed by atoms with Gasteiger partial charge < -0.3 is 9.47 Å². The van der Waals surface area contributed by atoms with E-state index in [1.807, 2.05) is 11.3 Å². The number of hydrogen-bond acceptors (Lipinski definition) is 6. The molecule has 3 atom stereocenters. The number of fused-ring (bicyclic) bond motifs is 1. The van der Waals surface area contributed by atoms with E-state index in [0.29, 0.717) is 36.0 Å². The van der Waals surface area contributed by atoms with Crippen LogP contribution in [0.3, 0.4) is 0 Å².